The molecule has 1 fully saturated rings. The lowest BCUT2D eigenvalue weighted by atomic mass is 10.1. The Kier molecular flexibility index (Phi) is 6.81. The third-order valence-electron chi connectivity index (χ3n) is 4.41. The second-order valence-electron chi connectivity index (χ2n) is 6.64. The van der Waals surface area contributed by atoms with Crippen LogP contribution in [0.4, 0.5) is 5.69 Å². The first-order valence-corrected chi connectivity index (χ1v) is 11.5. The fraction of sp³-hybridized carbons (Fsp3) is 0.350. The van der Waals surface area contributed by atoms with Gasteiger partial charge in [0.05, 0.1) is 19.3 Å². The predicted octanol–water partition coefficient (Wildman–Crippen LogP) is 3.51. The zero-order valence-corrected chi connectivity index (χ0v) is 18.6. The fourth-order valence-corrected chi connectivity index (χ4v) is 4.79. The Labute approximate surface area is 179 Å². The molecule has 1 N–H and O–H groups in total. The molecule has 156 valence electrons. The van der Waals surface area contributed by atoms with E-state index in [4.69, 9.17) is 9.47 Å². The van der Waals surface area contributed by atoms with Crippen molar-refractivity contribution in [1.29, 1.82) is 0 Å². The van der Waals surface area contributed by atoms with Crippen LogP contribution in [-0.2, 0) is 14.8 Å². The average Bonchev–Trinajstić information content (AvgIpc) is 2.69. The first kappa shape index (κ1) is 21.6. The van der Waals surface area contributed by atoms with Gasteiger partial charge in [-0.2, -0.15) is 0 Å². The summed E-state index contributed by atoms with van der Waals surface area (Å²) in [4.78, 5) is 14.4. The predicted molar refractivity (Wildman–Crippen MR) is 114 cm³/mol. The van der Waals surface area contributed by atoms with E-state index < -0.39 is 10.0 Å². The molecule has 0 bridgehead atoms. The number of nitrogens with one attached hydrogen (secondary N) is 1. The summed E-state index contributed by atoms with van der Waals surface area (Å²) >= 11 is 3.29. The number of ether oxygens (including phenoxy) is 2. The van der Waals surface area contributed by atoms with Crippen LogP contribution < -0.4 is 9.46 Å². The van der Waals surface area contributed by atoms with Gasteiger partial charge in [0.15, 0.2) is 0 Å². The van der Waals surface area contributed by atoms with Crippen molar-refractivity contribution in [1.82, 2.24) is 4.90 Å². The Bertz CT molecular complexity index is 979. The topological polar surface area (TPSA) is 84.9 Å². The molecular formula is C20H23BrN2O5S. The van der Waals surface area contributed by atoms with Crippen molar-refractivity contribution in [2.75, 3.05) is 31.0 Å². The summed E-state index contributed by atoms with van der Waals surface area (Å²) in [6.45, 7) is 5.66. The minimum absolute atomic E-state index is 0.00325. The van der Waals surface area contributed by atoms with E-state index in [0.717, 1.165) is 0 Å². The number of nitrogens with zero attached hydrogens (tertiary/aromatic N) is 1. The first-order valence-electron chi connectivity index (χ1n) is 9.26. The lowest BCUT2D eigenvalue weighted by molar-refractivity contribution is -0.0124. The molecule has 0 aliphatic carbocycles. The van der Waals surface area contributed by atoms with Crippen LogP contribution in [0.15, 0.2) is 51.8 Å². The number of carbonyl (C=O) groups is 1. The van der Waals surface area contributed by atoms with E-state index >= 15 is 0 Å². The minimum atomic E-state index is -3.87. The van der Waals surface area contributed by atoms with Crippen LogP contribution >= 0.6 is 15.9 Å². The maximum absolute atomic E-state index is 12.9. The van der Waals surface area contributed by atoms with Gasteiger partial charge in [-0.3, -0.25) is 9.52 Å². The Morgan fingerprint density at radius 1 is 1.28 bits per heavy atom. The molecule has 0 radical (unpaired) electrons. The van der Waals surface area contributed by atoms with E-state index in [9.17, 15) is 13.2 Å². The molecule has 1 aliphatic heterocycles. The highest BCUT2D eigenvalue weighted by Crippen LogP contribution is 2.29. The van der Waals surface area contributed by atoms with Gasteiger partial charge >= 0.3 is 0 Å². The summed E-state index contributed by atoms with van der Waals surface area (Å²) in [5.41, 5.74) is 0.860. The molecule has 0 saturated carbocycles. The summed E-state index contributed by atoms with van der Waals surface area (Å²) in [7, 11) is -3.87. The van der Waals surface area contributed by atoms with Gasteiger partial charge in [-0.05, 0) is 56.3 Å². The van der Waals surface area contributed by atoms with Gasteiger partial charge in [0.2, 0.25) is 0 Å². The Hall–Kier alpha value is -2.10. The number of rotatable bonds is 6. The molecule has 0 aromatic heterocycles. The van der Waals surface area contributed by atoms with E-state index in [-0.39, 0.29) is 22.7 Å². The van der Waals surface area contributed by atoms with E-state index in [1.54, 1.807) is 48.2 Å². The number of halogens is 1. The molecule has 1 atom stereocenters. The fourth-order valence-electron chi connectivity index (χ4n) is 3.04. The number of carbonyl (C=O) groups excluding carboxylic acids is 1. The molecule has 2 aromatic carbocycles. The maximum Gasteiger partial charge on any atom is 0.265 e. The Balaban J connectivity index is 1.77. The van der Waals surface area contributed by atoms with Crippen molar-refractivity contribution >= 4 is 37.5 Å². The number of hydrogen-bond donors (Lipinski definition) is 1. The Morgan fingerprint density at radius 3 is 2.66 bits per heavy atom. The SMILES string of the molecule is CCOc1ccc(Br)cc1S(=O)(=O)Nc1ccc(C(=O)N2CCOC(C)C2)cc1. The van der Waals surface area contributed by atoms with Crippen LogP contribution in [-0.4, -0.2) is 51.6 Å². The normalized spacial score (nSPS) is 17.1. The van der Waals surface area contributed by atoms with E-state index in [0.29, 0.717) is 42.0 Å². The third kappa shape index (κ3) is 5.29. The lowest BCUT2D eigenvalue weighted by Crippen LogP contribution is -2.44. The molecule has 1 unspecified atom stereocenters. The van der Waals surface area contributed by atoms with Crippen molar-refractivity contribution in [3.63, 3.8) is 0 Å². The zero-order valence-electron chi connectivity index (χ0n) is 16.2. The van der Waals surface area contributed by atoms with E-state index in [2.05, 4.69) is 20.7 Å². The van der Waals surface area contributed by atoms with Gasteiger partial charge in [0.25, 0.3) is 15.9 Å². The van der Waals surface area contributed by atoms with Crippen molar-refractivity contribution < 1.29 is 22.7 Å². The summed E-state index contributed by atoms with van der Waals surface area (Å²) in [6, 6.07) is 11.2. The first-order chi connectivity index (χ1) is 13.8. The van der Waals surface area contributed by atoms with Crippen molar-refractivity contribution in [2.45, 2.75) is 24.8 Å². The minimum Gasteiger partial charge on any atom is -0.492 e. The van der Waals surface area contributed by atoms with Crippen molar-refractivity contribution in [2.24, 2.45) is 0 Å². The van der Waals surface area contributed by atoms with Crippen LogP contribution in [0.1, 0.15) is 24.2 Å². The Morgan fingerprint density at radius 2 is 2.00 bits per heavy atom. The van der Waals surface area contributed by atoms with Gasteiger partial charge < -0.3 is 14.4 Å². The van der Waals surface area contributed by atoms with E-state index in [1.165, 1.54) is 6.07 Å². The number of morpholine rings is 1. The van der Waals surface area contributed by atoms with Gasteiger partial charge in [-0.1, -0.05) is 15.9 Å². The molecule has 0 spiro atoms. The van der Waals surface area contributed by atoms with Crippen LogP contribution in [0, 0.1) is 0 Å². The summed E-state index contributed by atoms with van der Waals surface area (Å²) < 4.78 is 39.8. The highest BCUT2D eigenvalue weighted by Gasteiger charge is 2.23. The summed E-state index contributed by atoms with van der Waals surface area (Å²) in [5, 5.41) is 0. The number of anilines is 1. The summed E-state index contributed by atoms with van der Waals surface area (Å²) in [5.74, 6) is 0.177. The monoisotopic (exact) mass is 482 g/mol. The third-order valence-corrected chi connectivity index (χ3v) is 6.30. The molecule has 29 heavy (non-hydrogen) atoms. The number of hydrogen-bond acceptors (Lipinski definition) is 5. The second kappa shape index (κ2) is 9.15. The van der Waals surface area contributed by atoms with Crippen LogP contribution in [0.2, 0.25) is 0 Å². The second-order valence-corrected chi connectivity index (χ2v) is 9.21. The highest BCUT2D eigenvalue weighted by atomic mass is 79.9. The molecule has 1 heterocycles. The van der Waals surface area contributed by atoms with Crippen molar-refractivity contribution in [3.8, 4) is 5.75 Å². The number of amides is 1. The highest BCUT2D eigenvalue weighted by molar-refractivity contribution is 9.10. The van der Waals surface area contributed by atoms with Gasteiger partial charge in [0.1, 0.15) is 10.6 Å². The molecule has 7 nitrogen and oxygen atoms in total. The average molecular weight is 483 g/mol. The maximum atomic E-state index is 12.9. The molecule has 2 aromatic rings. The van der Waals surface area contributed by atoms with Crippen LogP contribution in [0.25, 0.3) is 0 Å². The number of benzene rings is 2. The quantitative estimate of drug-likeness (QED) is 0.680. The molecule has 9 heteroatoms. The van der Waals surface area contributed by atoms with Crippen molar-refractivity contribution in [3.05, 3.63) is 52.5 Å². The number of sulfonamides is 1. The summed E-state index contributed by atoms with van der Waals surface area (Å²) in [6.07, 6.45) is 0.00325. The molecule has 1 saturated heterocycles. The van der Waals surface area contributed by atoms with E-state index in [1.807, 2.05) is 6.92 Å². The lowest BCUT2D eigenvalue weighted by Gasteiger charge is -2.31. The van der Waals surface area contributed by atoms with Gasteiger partial charge in [-0.25, -0.2) is 8.42 Å². The largest absolute Gasteiger partial charge is 0.492 e. The van der Waals surface area contributed by atoms with Crippen LogP contribution in [0.3, 0.4) is 0 Å². The molecule has 1 amide bonds. The smallest absolute Gasteiger partial charge is 0.265 e. The van der Waals surface area contributed by atoms with Gasteiger partial charge in [0, 0.05) is 28.8 Å². The molecule has 1 aliphatic rings. The standard InChI is InChI=1S/C20H23BrN2O5S/c1-3-27-18-9-6-16(21)12-19(18)29(25,26)22-17-7-4-15(5-8-17)20(24)23-10-11-28-14(2)13-23/h4-9,12,14,22H,3,10-11,13H2,1-2H3. The molecular weight excluding hydrogens is 460 g/mol. The zero-order chi connectivity index (χ0) is 21.0. The van der Waals surface area contributed by atoms with Gasteiger partial charge in [-0.15, -0.1) is 0 Å². The van der Waals surface area contributed by atoms with Crippen LogP contribution in [0.5, 0.6) is 5.75 Å². The molecule has 3 rings (SSSR count).